The number of hydrogen-bond donors (Lipinski definition) is 3. The topological polar surface area (TPSA) is 78.4 Å². The normalized spacial score (nSPS) is 12.9. The van der Waals surface area contributed by atoms with Crippen LogP contribution in [0.3, 0.4) is 0 Å². The van der Waals surface area contributed by atoms with Gasteiger partial charge >= 0.3 is 0 Å². The quantitative estimate of drug-likeness (QED) is 0.744. The molecule has 5 nitrogen and oxygen atoms in total. The van der Waals surface area contributed by atoms with Crippen LogP contribution in [0.1, 0.15) is 45.0 Å². The maximum absolute atomic E-state index is 12.4. The zero-order valence-corrected chi connectivity index (χ0v) is 15.0. The number of benzene rings is 1. The van der Waals surface area contributed by atoms with Crippen molar-refractivity contribution >= 4 is 29.1 Å². The highest BCUT2D eigenvalue weighted by Crippen LogP contribution is 2.26. The second-order valence-electron chi connectivity index (χ2n) is 6.74. The number of hydrogen-bond acceptors (Lipinski definition) is 3. The molecule has 0 fully saturated rings. The standard InChI is InChI=1S/C17H25ClN2O3/c1-10(2)15(22)17(4,5)9-19-16(23)13-8-12(20-11(3)21)6-7-14(13)18/h6-8,10,15,22H,9H2,1-5H3,(H,19,23)(H,20,21). The molecule has 1 aromatic carbocycles. The first-order chi connectivity index (χ1) is 10.5. The molecule has 128 valence electrons. The van der Waals surface area contributed by atoms with Gasteiger partial charge in [0.2, 0.25) is 5.91 Å². The highest BCUT2D eigenvalue weighted by atomic mass is 35.5. The lowest BCUT2D eigenvalue weighted by Gasteiger charge is -2.33. The summed E-state index contributed by atoms with van der Waals surface area (Å²) in [7, 11) is 0. The van der Waals surface area contributed by atoms with Crippen LogP contribution >= 0.6 is 11.6 Å². The predicted octanol–water partition coefficient (Wildman–Crippen LogP) is 3.07. The Morgan fingerprint density at radius 1 is 1.30 bits per heavy atom. The van der Waals surface area contributed by atoms with E-state index >= 15 is 0 Å². The minimum atomic E-state index is -0.538. The summed E-state index contributed by atoms with van der Waals surface area (Å²) in [5.74, 6) is -0.473. The first-order valence-corrected chi connectivity index (χ1v) is 7.96. The monoisotopic (exact) mass is 340 g/mol. The van der Waals surface area contributed by atoms with Gasteiger partial charge in [0.1, 0.15) is 0 Å². The van der Waals surface area contributed by atoms with E-state index in [1.54, 1.807) is 12.1 Å². The van der Waals surface area contributed by atoms with E-state index in [1.165, 1.54) is 13.0 Å². The van der Waals surface area contributed by atoms with Crippen molar-refractivity contribution in [2.24, 2.45) is 11.3 Å². The molecule has 0 spiro atoms. The van der Waals surface area contributed by atoms with Crippen LogP contribution < -0.4 is 10.6 Å². The third-order valence-corrected chi connectivity index (χ3v) is 4.00. The van der Waals surface area contributed by atoms with Crippen LogP contribution in [0.4, 0.5) is 5.69 Å². The number of amides is 2. The maximum atomic E-state index is 12.4. The molecule has 0 bridgehead atoms. The summed E-state index contributed by atoms with van der Waals surface area (Å²) >= 11 is 6.07. The lowest BCUT2D eigenvalue weighted by Crippen LogP contribution is -2.43. The number of carbonyl (C=O) groups is 2. The fraction of sp³-hybridized carbons (Fsp3) is 0.529. The molecule has 3 N–H and O–H groups in total. The zero-order valence-electron chi connectivity index (χ0n) is 14.2. The summed E-state index contributed by atoms with van der Waals surface area (Å²) in [4.78, 5) is 23.5. The summed E-state index contributed by atoms with van der Waals surface area (Å²) in [5, 5.41) is 15.9. The summed E-state index contributed by atoms with van der Waals surface area (Å²) < 4.78 is 0. The van der Waals surface area contributed by atoms with E-state index in [1.807, 2.05) is 27.7 Å². The molecule has 0 saturated carbocycles. The number of carbonyl (C=O) groups excluding carboxylic acids is 2. The van der Waals surface area contributed by atoms with Gasteiger partial charge in [0.05, 0.1) is 16.7 Å². The molecule has 2 amide bonds. The van der Waals surface area contributed by atoms with Crippen molar-refractivity contribution in [3.05, 3.63) is 28.8 Å². The van der Waals surface area contributed by atoms with Crippen molar-refractivity contribution < 1.29 is 14.7 Å². The van der Waals surface area contributed by atoms with E-state index in [0.717, 1.165) is 0 Å². The molecule has 1 unspecified atom stereocenters. The minimum Gasteiger partial charge on any atom is -0.392 e. The number of rotatable bonds is 6. The summed E-state index contributed by atoms with van der Waals surface area (Å²) in [5.41, 5.74) is 0.326. The highest BCUT2D eigenvalue weighted by molar-refractivity contribution is 6.34. The Labute approximate surface area is 142 Å². The van der Waals surface area contributed by atoms with E-state index in [-0.39, 0.29) is 23.3 Å². The van der Waals surface area contributed by atoms with Crippen molar-refractivity contribution in [2.45, 2.75) is 40.7 Å². The Balaban J connectivity index is 2.84. The van der Waals surface area contributed by atoms with Gasteiger partial charge in [-0.1, -0.05) is 39.3 Å². The van der Waals surface area contributed by atoms with Gasteiger partial charge in [-0.15, -0.1) is 0 Å². The van der Waals surface area contributed by atoms with Crippen LogP contribution in [0.5, 0.6) is 0 Å². The van der Waals surface area contributed by atoms with Crippen LogP contribution in [0.2, 0.25) is 5.02 Å². The van der Waals surface area contributed by atoms with Crippen LogP contribution in [0.15, 0.2) is 18.2 Å². The molecule has 0 aliphatic carbocycles. The summed E-state index contributed by atoms with van der Waals surface area (Å²) in [6.07, 6.45) is -0.538. The number of anilines is 1. The lowest BCUT2D eigenvalue weighted by molar-refractivity contribution is -0.114. The minimum absolute atomic E-state index is 0.0913. The lowest BCUT2D eigenvalue weighted by atomic mass is 9.80. The first-order valence-electron chi connectivity index (χ1n) is 7.58. The van der Waals surface area contributed by atoms with E-state index in [2.05, 4.69) is 10.6 Å². The van der Waals surface area contributed by atoms with Gasteiger partial charge in [-0.3, -0.25) is 9.59 Å². The Morgan fingerprint density at radius 3 is 2.43 bits per heavy atom. The molecule has 6 heteroatoms. The number of aliphatic hydroxyl groups is 1. The Morgan fingerprint density at radius 2 is 1.91 bits per heavy atom. The molecular weight excluding hydrogens is 316 g/mol. The largest absolute Gasteiger partial charge is 0.392 e. The fourth-order valence-corrected chi connectivity index (χ4v) is 2.59. The van der Waals surface area contributed by atoms with Gasteiger partial charge in [0, 0.05) is 24.6 Å². The average Bonchev–Trinajstić information content (AvgIpc) is 2.45. The third-order valence-electron chi connectivity index (χ3n) is 3.67. The van der Waals surface area contributed by atoms with Crippen LogP contribution in [0, 0.1) is 11.3 Å². The smallest absolute Gasteiger partial charge is 0.252 e. The molecule has 0 heterocycles. The highest BCUT2D eigenvalue weighted by Gasteiger charge is 2.30. The predicted molar refractivity (Wildman–Crippen MR) is 92.7 cm³/mol. The SMILES string of the molecule is CC(=O)Nc1ccc(Cl)c(C(=O)NCC(C)(C)C(O)C(C)C)c1. The zero-order chi connectivity index (χ0) is 17.8. The molecule has 23 heavy (non-hydrogen) atoms. The molecule has 1 atom stereocenters. The fourth-order valence-electron chi connectivity index (χ4n) is 2.39. The molecule has 0 radical (unpaired) electrons. The summed E-state index contributed by atoms with van der Waals surface area (Å²) in [6.45, 7) is 9.36. The summed E-state index contributed by atoms with van der Waals surface area (Å²) in [6, 6.07) is 4.73. The van der Waals surface area contributed by atoms with E-state index in [9.17, 15) is 14.7 Å². The number of aliphatic hydroxyl groups excluding tert-OH is 1. The number of halogens is 1. The molecule has 1 rings (SSSR count). The molecule has 0 saturated heterocycles. The van der Waals surface area contributed by atoms with E-state index in [4.69, 9.17) is 11.6 Å². The average molecular weight is 341 g/mol. The Kier molecular flexibility index (Phi) is 6.59. The van der Waals surface area contributed by atoms with Gasteiger partial charge < -0.3 is 15.7 Å². The third kappa shape index (κ3) is 5.52. The van der Waals surface area contributed by atoms with Crippen molar-refractivity contribution in [3.8, 4) is 0 Å². The number of nitrogens with one attached hydrogen (secondary N) is 2. The second kappa shape index (κ2) is 7.79. The first kappa shape index (κ1) is 19.5. The Bertz CT molecular complexity index is 585. The van der Waals surface area contributed by atoms with Gasteiger partial charge in [-0.25, -0.2) is 0 Å². The van der Waals surface area contributed by atoms with Gasteiger partial charge in [-0.2, -0.15) is 0 Å². The van der Waals surface area contributed by atoms with Gasteiger partial charge in [0.15, 0.2) is 0 Å². The molecule has 1 aromatic rings. The van der Waals surface area contributed by atoms with Crippen molar-refractivity contribution in [1.82, 2.24) is 5.32 Å². The second-order valence-corrected chi connectivity index (χ2v) is 7.14. The Hall–Kier alpha value is -1.59. The van der Waals surface area contributed by atoms with Crippen molar-refractivity contribution in [1.29, 1.82) is 0 Å². The van der Waals surface area contributed by atoms with Crippen LogP contribution in [0.25, 0.3) is 0 Å². The van der Waals surface area contributed by atoms with Crippen molar-refractivity contribution in [2.75, 3.05) is 11.9 Å². The van der Waals surface area contributed by atoms with Crippen LogP contribution in [-0.2, 0) is 4.79 Å². The maximum Gasteiger partial charge on any atom is 0.252 e. The van der Waals surface area contributed by atoms with Gasteiger partial charge in [0.25, 0.3) is 5.91 Å². The van der Waals surface area contributed by atoms with E-state index < -0.39 is 11.5 Å². The van der Waals surface area contributed by atoms with E-state index in [0.29, 0.717) is 17.3 Å². The van der Waals surface area contributed by atoms with Crippen LogP contribution in [-0.4, -0.2) is 29.6 Å². The molecule has 0 aliphatic rings. The molecule has 0 aromatic heterocycles. The molecule has 0 aliphatic heterocycles. The van der Waals surface area contributed by atoms with Crippen molar-refractivity contribution in [3.63, 3.8) is 0 Å². The molecular formula is C17H25ClN2O3. The van der Waals surface area contributed by atoms with Gasteiger partial charge in [-0.05, 0) is 24.1 Å².